The molecule has 0 aliphatic carbocycles. The summed E-state index contributed by atoms with van der Waals surface area (Å²) in [5.41, 5.74) is 2.47. The van der Waals surface area contributed by atoms with E-state index in [4.69, 9.17) is 5.11 Å². The van der Waals surface area contributed by atoms with E-state index in [1.54, 1.807) is 42.5 Å². The minimum absolute atomic E-state index is 0.182. The molecule has 35 heavy (non-hydrogen) atoms. The van der Waals surface area contributed by atoms with Gasteiger partial charge in [-0.05, 0) is 48.0 Å². The molecule has 1 atom stereocenters. The Morgan fingerprint density at radius 2 is 1.43 bits per heavy atom. The highest BCUT2D eigenvalue weighted by Crippen LogP contribution is 2.37. The van der Waals surface area contributed by atoms with E-state index in [1.807, 2.05) is 36.4 Å². The van der Waals surface area contributed by atoms with Gasteiger partial charge in [0.15, 0.2) is 0 Å². The molecule has 0 saturated carbocycles. The molecule has 0 heterocycles. The molecule has 178 valence electrons. The fourth-order valence-corrected chi connectivity index (χ4v) is 4.15. The number of nitrogens with one attached hydrogen (secondary N) is 3. The molecule has 3 rings (SSSR count). The molecule has 8 nitrogen and oxygen atoms in total. The number of carbonyl (C=O) groups is 4. The minimum Gasteiger partial charge on any atom is -0.478 e. The van der Waals surface area contributed by atoms with Gasteiger partial charge in [-0.25, -0.2) is 4.79 Å². The first-order chi connectivity index (χ1) is 16.8. The Bertz CT molecular complexity index is 1240. The van der Waals surface area contributed by atoms with Crippen LogP contribution in [0.2, 0.25) is 0 Å². The molecule has 0 aromatic heterocycles. The Morgan fingerprint density at radius 3 is 2.06 bits per heavy atom. The van der Waals surface area contributed by atoms with Crippen LogP contribution in [0.1, 0.15) is 17.7 Å². The molecule has 1 unspecified atom stereocenters. The number of anilines is 3. The average Bonchev–Trinajstić information content (AvgIpc) is 2.83. The average molecular weight is 490 g/mol. The molecule has 0 bridgehead atoms. The summed E-state index contributed by atoms with van der Waals surface area (Å²) in [5, 5.41) is 16.3. The maximum Gasteiger partial charge on any atom is 0.328 e. The standard InChI is InChI=1S/C26H23N3O5S/c1-17(30)27-19-10-12-20(13-11-19)29-26(34)25(18-6-3-2-4-7-18)35-22-9-5-8-21(16-22)28-23(31)14-15-24(32)33/h2-16,25H,1H3,(H,27,30)(H,28,31)(H,29,34)(H,32,33)/b15-14+. The number of rotatable bonds is 9. The van der Waals surface area contributed by atoms with E-state index in [2.05, 4.69) is 16.0 Å². The van der Waals surface area contributed by atoms with Gasteiger partial charge in [-0.1, -0.05) is 36.4 Å². The Labute approximate surface area is 206 Å². The number of aliphatic carboxylic acids is 1. The maximum atomic E-state index is 13.3. The first kappa shape index (κ1) is 25.3. The van der Waals surface area contributed by atoms with Crippen LogP contribution in [0.15, 0.2) is 95.9 Å². The first-order valence-corrected chi connectivity index (χ1v) is 11.4. The lowest BCUT2D eigenvalue weighted by Gasteiger charge is -2.18. The second-order valence-corrected chi connectivity index (χ2v) is 8.52. The van der Waals surface area contributed by atoms with E-state index in [0.717, 1.165) is 22.6 Å². The van der Waals surface area contributed by atoms with E-state index in [9.17, 15) is 19.2 Å². The number of carbonyl (C=O) groups excluding carboxylic acids is 3. The number of benzene rings is 3. The minimum atomic E-state index is -1.22. The van der Waals surface area contributed by atoms with Crippen LogP contribution in [0.5, 0.6) is 0 Å². The summed E-state index contributed by atoms with van der Waals surface area (Å²) in [4.78, 5) is 47.7. The van der Waals surface area contributed by atoms with Crippen LogP contribution in [0.4, 0.5) is 17.1 Å². The summed E-state index contributed by atoms with van der Waals surface area (Å²) in [5.74, 6) is -2.22. The Morgan fingerprint density at radius 1 is 0.771 bits per heavy atom. The Hall–Kier alpha value is -4.37. The summed E-state index contributed by atoms with van der Waals surface area (Å²) in [6.45, 7) is 1.42. The van der Waals surface area contributed by atoms with Crippen molar-refractivity contribution in [3.63, 3.8) is 0 Å². The van der Waals surface area contributed by atoms with Crippen molar-refractivity contribution in [2.24, 2.45) is 0 Å². The zero-order valence-electron chi connectivity index (χ0n) is 18.7. The van der Waals surface area contributed by atoms with Gasteiger partial charge in [-0.15, -0.1) is 11.8 Å². The molecule has 0 aliphatic rings. The van der Waals surface area contributed by atoms with Gasteiger partial charge in [-0.3, -0.25) is 14.4 Å². The quantitative estimate of drug-likeness (QED) is 0.255. The molecule has 3 aromatic carbocycles. The molecule has 0 saturated heterocycles. The summed E-state index contributed by atoms with van der Waals surface area (Å²) in [6.07, 6.45) is 1.69. The third-order valence-corrected chi connectivity index (χ3v) is 5.79. The number of carboxylic acid groups (broad SMARTS) is 1. The maximum absolute atomic E-state index is 13.3. The number of thioether (sulfide) groups is 1. The lowest BCUT2D eigenvalue weighted by Crippen LogP contribution is -2.19. The number of carboxylic acids is 1. The predicted molar refractivity (Wildman–Crippen MR) is 136 cm³/mol. The Balaban J connectivity index is 1.77. The third kappa shape index (κ3) is 8.17. The van der Waals surface area contributed by atoms with Gasteiger partial charge in [0, 0.05) is 41.0 Å². The van der Waals surface area contributed by atoms with Gasteiger partial charge in [0.25, 0.3) is 0 Å². The van der Waals surface area contributed by atoms with Gasteiger partial charge in [-0.2, -0.15) is 0 Å². The van der Waals surface area contributed by atoms with Gasteiger partial charge in [0.05, 0.1) is 0 Å². The monoisotopic (exact) mass is 489 g/mol. The van der Waals surface area contributed by atoms with E-state index >= 15 is 0 Å². The molecule has 4 N–H and O–H groups in total. The summed E-state index contributed by atoms with van der Waals surface area (Å²) >= 11 is 1.31. The van der Waals surface area contributed by atoms with Crippen molar-refractivity contribution in [3.8, 4) is 0 Å². The highest BCUT2D eigenvalue weighted by Gasteiger charge is 2.22. The molecule has 9 heteroatoms. The second-order valence-electron chi connectivity index (χ2n) is 7.35. The largest absolute Gasteiger partial charge is 0.478 e. The van der Waals surface area contributed by atoms with E-state index in [0.29, 0.717) is 17.1 Å². The SMILES string of the molecule is CC(=O)Nc1ccc(NC(=O)C(Sc2cccc(NC(=O)/C=C/C(=O)O)c2)c2ccccc2)cc1. The van der Waals surface area contributed by atoms with Crippen LogP contribution in [0.25, 0.3) is 0 Å². The van der Waals surface area contributed by atoms with Crippen molar-refractivity contribution < 1.29 is 24.3 Å². The van der Waals surface area contributed by atoms with Gasteiger partial charge in [0.1, 0.15) is 5.25 Å². The lowest BCUT2D eigenvalue weighted by atomic mass is 10.1. The Kier molecular flexibility index (Phi) is 8.80. The fraction of sp³-hybridized carbons (Fsp3) is 0.0769. The number of hydrogen-bond donors (Lipinski definition) is 4. The zero-order valence-corrected chi connectivity index (χ0v) is 19.5. The van der Waals surface area contributed by atoms with Crippen molar-refractivity contribution in [1.82, 2.24) is 0 Å². The van der Waals surface area contributed by atoms with Crippen molar-refractivity contribution in [1.29, 1.82) is 0 Å². The number of amides is 3. The second kappa shape index (κ2) is 12.2. The van der Waals surface area contributed by atoms with E-state index in [-0.39, 0.29) is 11.8 Å². The molecular formula is C26H23N3O5S. The van der Waals surface area contributed by atoms with Crippen LogP contribution in [0.3, 0.4) is 0 Å². The van der Waals surface area contributed by atoms with Gasteiger partial charge >= 0.3 is 5.97 Å². The third-order valence-electron chi connectivity index (χ3n) is 4.55. The summed E-state index contributed by atoms with van der Waals surface area (Å²) in [6, 6.07) is 23.0. The first-order valence-electron chi connectivity index (χ1n) is 10.5. The summed E-state index contributed by atoms with van der Waals surface area (Å²) < 4.78 is 0. The normalized spacial score (nSPS) is 11.5. The van der Waals surface area contributed by atoms with Crippen LogP contribution in [-0.2, 0) is 19.2 Å². The van der Waals surface area contributed by atoms with Gasteiger partial charge in [0.2, 0.25) is 17.7 Å². The molecule has 3 amide bonds. The van der Waals surface area contributed by atoms with Crippen LogP contribution in [-0.4, -0.2) is 28.8 Å². The molecule has 0 spiro atoms. The van der Waals surface area contributed by atoms with Crippen LogP contribution in [0, 0.1) is 0 Å². The topological polar surface area (TPSA) is 125 Å². The molecular weight excluding hydrogens is 466 g/mol. The van der Waals surface area contributed by atoms with Crippen LogP contribution >= 0.6 is 11.8 Å². The molecule has 0 radical (unpaired) electrons. The van der Waals surface area contributed by atoms with Crippen molar-refractivity contribution in [3.05, 3.63) is 96.6 Å². The lowest BCUT2D eigenvalue weighted by molar-refractivity contribution is -0.131. The number of hydrogen-bond acceptors (Lipinski definition) is 5. The van der Waals surface area contributed by atoms with Crippen molar-refractivity contribution in [2.75, 3.05) is 16.0 Å². The zero-order chi connectivity index (χ0) is 25.2. The molecule has 0 aliphatic heterocycles. The van der Waals surface area contributed by atoms with E-state index in [1.165, 1.54) is 18.7 Å². The highest BCUT2D eigenvalue weighted by molar-refractivity contribution is 8.00. The predicted octanol–water partition coefficient (Wildman–Crippen LogP) is 4.70. The van der Waals surface area contributed by atoms with Crippen molar-refractivity contribution in [2.45, 2.75) is 17.1 Å². The molecule has 3 aromatic rings. The highest BCUT2D eigenvalue weighted by atomic mass is 32.2. The molecule has 0 fully saturated rings. The van der Waals surface area contributed by atoms with E-state index < -0.39 is 17.1 Å². The smallest absolute Gasteiger partial charge is 0.328 e. The van der Waals surface area contributed by atoms with Gasteiger partial charge < -0.3 is 21.1 Å². The summed E-state index contributed by atoms with van der Waals surface area (Å²) in [7, 11) is 0. The fourth-order valence-electron chi connectivity index (χ4n) is 3.06. The van der Waals surface area contributed by atoms with Crippen LogP contribution < -0.4 is 16.0 Å². The van der Waals surface area contributed by atoms with Crippen molar-refractivity contribution >= 4 is 52.5 Å².